The van der Waals surface area contributed by atoms with Crippen molar-refractivity contribution in [1.29, 1.82) is 0 Å². The lowest BCUT2D eigenvalue weighted by atomic mass is 10.2. The van der Waals surface area contributed by atoms with Crippen molar-refractivity contribution in [3.8, 4) is 5.69 Å². The number of carbonyl (C=O) groups is 1. The third-order valence-electron chi connectivity index (χ3n) is 3.91. The molecule has 0 radical (unpaired) electrons. The fraction of sp³-hybridized carbons (Fsp3) is 0.316. The van der Waals surface area contributed by atoms with Gasteiger partial charge in [0.05, 0.1) is 22.6 Å². The number of hydrogen-bond donors (Lipinski definition) is 2. The summed E-state index contributed by atoms with van der Waals surface area (Å²) in [6.45, 7) is 5.22. The van der Waals surface area contributed by atoms with Crippen LogP contribution in [0.15, 0.2) is 42.0 Å². The molecule has 0 aliphatic heterocycles. The van der Waals surface area contributed by atoms with Crippen LogP contribution in [-0.4, -0.2) is 27.3 Å². The van der Waals surface area contributed by atoms with Crippen molar-refractivity contribution >= 4 is 29.0 Å². The van der Waals surface area contributed by atoms with Crippen molar-refractivity contribution in [3.63, 3.8) is 0 Å². The van der Waals surface area contributed by atoms with Crippen LogP contribution in [0.5, 0.6) is 0 Å². The molecule has 0 spiro atoms. The Balaban J connectivity index is 1.42. The summed E-state index contributed by atoms with van der Waals surface area (Å²) in [5.74, 6) is 0.439. The second-order valence-electron chi connectivity index (χ2n) is 6.46. The van der Waals surface area contributed by atoms with Crippen LogP contribution < -0.4 is 10.6 Å². The summed E-state index contributed by atoms with van der Waals surface area (Å²) in [6, 6.07) is 7.21. The molecule has 0 aliphatic carbocycles. The van der Waals surface area contributed by atoms with Gasteiger partial charge >= 0.3 is 6.03 Å². The number of nitrogens with one attached hydrogen (secondary N) is 2. The largest absolute Gasteiger partial charge is 0.338 e. The number of hydrogen-bond acceptors (Lipinski definition) is 4. The highest BCUT2D eigenvalue weighted by atomic mass is 35.5. The molecule has 142 valence electrons. The molecule has 0 aliphatic rings. The fourth-order valence-corrected chi connectivity index (χ4v) is 3.43. The first-order valence-corrected chi connectivity index (χ1v) is 10.0. The molecule has 2 amide bonds. The Morgan fingerprint density at radius 2 is 2.04 bits per heavy atom. The van der Waals surface area contributed by atoms with Gasteiger partial charge in [-0.3, -0.25) is 0 Å². The van der Waals surface area contributed by atoms with Crippen molar-refractivity contribution in [2.24, 2.45) is 0 Å². The predicted octanol–water partition coefficient (Wildman–Crippen LogP) is 4.15. The minimum Gasteiger partial charge on any atom is -0.338 e. The summed E-state index contributed by atoms with van der Waals surface area (Å²) in [5, 5.41) is 13.9. The summed E-state index contributed by atoms with van der Waals surface area (Å²) < 4.78 is 1.75. The first-order valence-electron chi connectivity index (χ1n) is 8.77. The number of amides is 2. The lowest BCUT2D eigenvalue weighted by Crippen LogP contribution is -2.36. The standard InChI is InChI=1S/C19H22ClN5OS/c1-13(2)18-24-16(12-27-18)7-8-21-19(26)22-9-14-10-23-25(11-14)17-5-3-15(20)4-6-17/h3-6,10-13H,7-9H2,1-2H3,(H2,21,22,26). The number of benzene rings is 1. The Bertz CT molecular complexity index is 888. The summed E-state index contributed by atoms with van der Waals surface area (Å²) >= 11 is 7.57. The fourth-order valence-electron chi connectivity index (χ4n) is 2.44. The lowest BCUT2D eigenvalue weighted by Gasteiger charge is -2.06. The van der Waals surface area contributed by atoms with E-state index in [4.69, 9.17) is 11.6 Å². The molecule has 0 fully saturated rings. The molecule has 2 N–H and O–H groups in total. The van der Waals surface area contributed by atoms with Gasteiger partial charge in [-0.2, -0.15) is 5.10 Å². The maximum atomic E-state index is 12.0. The van der Waals surface area contributed by atoms with E-state index >= 15 is 0 Å². The zero-order valence-corrected chi connectivity index (χ0v) is 16.8. The monoisotopic (exact) mass is 403 g/mol. The maximum absolute atomic E-state index is 12.0. The first-order chi connectivity index (χ1) is 13.0. The molecule has 0 saturated carbocycles. The molecule has 0 unspecified atom stereocenters. The molecule has 0 saturated heterocycles. The zero-order chi connectivity index (χ0) is 19.2. The Kier molecular flexibility index (Phi) is 6.47. The Morgan fingerprint density at radius 1 is 1.26 bits per heavy atom. The second kappa shape index (κ2) is 9.01. The molecule has 3 rings (SSSR count). The molecule has 0 atom stereocenters. The molecule has 27 heavy (non-hydrogen) atoms. The maximum Gasteiger partial charge on any atom is 0.315 e. The second-order valence-corrected chi connectivity index (χ2v) is 7.79. The number of urea groups is 1. The molecule has 2 heterocycles. The summed E-state index contributed by atoms with van der Waals surface area (Å²) in [5.41, 5.74) is 2.86. The smallest absolute Gasteiger partial charge is 0.315 e. The van der Waals surface area contributed by atoms with E-state index in [-0.39, 0.29) is 6.03 Å². The van der Waals surface area contributed by atoms with Crippen LogP contribution in [0.1, 0.15) is 36.0 Å². The normalized spacial score (nSPS) is 11.0. The van der Waals surface area contributed by atoms with Crippen molar-refractivity contribution < 1.29 is 4.79 Å². The lowest BCUT2D eigenvalue weighted by molar-refractivity contribution is 0.240. The SMILES string of the molecule is CC(C)c1nc(CCNC(=O)NCc2cnn(-c3ccc(Cl)cc3)c2)cs1. The molecular formula is C19H22ClN5OS. The number of rotatable bonds is 7. The van der Waals surface area contributed by atoms with Gasteiger partial charge in [-0.25, -0.2) is 14.5 Å². The van der Waals surface area contributed by atoms with Gasteiger partial charge in [0.1, 0.15) is 0 Å². The summed E-state index contributed by atoms with van der Waals surface area (Å²) in [7, 11) is 0. The van der Waals surface area contributed by atoms with E-state index in [0.29, 0.717) is 24.0 Å². The van der Waals surface area contributed by atoms with Crippen LogP contribution in [0.25, 0.3) is 5.69 Å². The van der Waals surface area contributed by atoms with Gasteiger partial charge in [0.2, 0.25) is 0 Å². The number of halogens is 1. The molecule has 3 aromatic rings. The highest BCUT2D eigenvalue weighted by Crippen LogP contribution is 2.19. The van der Waals surface area contributed by atoms with Gasteiger partial charge in [-0.05, 0) is 24.3 Å². The molecular weight excluding hydrogens is 382 g/mol. The van der Waals surface area contributed by atoms with Gasteiger partial charge in [0.25, 0.3) is 0 Å². The highest BCUT2D eigenvalue weighted by Gasteiger charge is 2.07. The Morgan fingerprint density at radius 3 is 2.74 bits per heavy atom. The van der Waals surface area contributed by atoms with Crippen LogP contribution in [0, 0.1) is 0 Å². The van der Waals surface area contributed by atoms with Gasteiger partial charge < -0.3 is 10.6 Å². The summed E-state index contributed by atoms with van der Waals surface area (Å²) in [6.07, 6.45) is 4.34. The number of carbonyl (C=O) groups excluding carboxylic acids is 1. The summed E-state index contributed by atoms with van der Waals surface area (Å²) in [4.78, 5) is 16.5. The molecule has 2 aromatic heterocycles. The Labute approximate surface area is 167 Å². The van der Waals surface area contributed by atoms with Gasteiger partial charge in [-0.15, -0.1) is 11.3 Å². The van der Waals surface area contributed by atoms with Gasteiger partial charge in [0, 0.05) is 47.6 Å². The minimum atomic E-state index is -0.200. The first kappa shape index (κ1) is 19.4. The van der Waals surface area contributed by atoms with E-state index in [1.165, 1.54) is 0 Å². The molecule has 6 nitrogen and oxygen atoms in total. The van der Waals surface area contributed by atoms with Crippen LogP contribution in [0.4, 0.5) is 4.79 Å². The van der Waals surface area contributed by atoms with Crippen molar-refractivity contribution in [1.82, 2.24) is 25.4 Å². The number of aromatic nitrogens is 3. The van der Waals surface area contributed by atoms with E-state index in [2.05, 4.69) is 39.9 Å². The molecule has 0 bridgehead atoms. The van der Waals surface area contributed by atoms with Crippen molar-refractivity contribution in [2.75, 3.05) is 6.54 Å². The van der Waals surface area contributed by atoms with Crippen molar-refractivity contribution in [3.05, 3.63) is 63.3 Å². The van der Waals surface area contributed by atoms with Crippen molar-refractivity contribution in [2.45, 2.75) is 32.7 Å². The van der Waals surface area contributed by atoms with Crippen LogP contribution in [0.3, 0.4) is 0 Å². The quantitative estimate of drug-likeness (QED) is 0.622. The van der Waals surface area contributed by atoms with Crippen LogP contribution >= 0.6 is 22.9 Å². The third-order valence-corrected chi connectivity index (χ3v) is 5.36. The van der Waals surface area contributed by atoms with E-state index in [1.807, 2.05) is 30.5 Å². The van der Waals surface area contributed by atoms with Gasteiger partial charge in [-0.1, -0.05) is 25.4 Å². The van der Waals surface area contributed by atoms with Crippen LogP contribution in [-0.2, 0) is 13.0 Å². The van der Waals surface area contributed by atoms with E-state index in [1.54, 1.807) is 22.2 Å². The average Bonchev–Trinajstić information content (AvgIpc) is 3.30. The van der Waals surface area contributed by atoms with E-state index < -0.39 is 0 Å². The Hall–Kier alpha value is -2.38. The molecule has 1 aromatic carbocycles. The average molecular weight is 404 g/mol. The predicted molar refractivity (Wildman–Crippen MR) is 109 cm³/mol. The zero-order valence-electron chi connectivity index (χ0n) is 15.3. The highest BCUT2D eigenvalue weighted by molar-refractivity contribution is 7.09. The molecule has 8 heteroatoms. The topological polar surface area (TPSA) is 71.8 Å². The van der Waals surface area contributed by atoms with Crippen LogP contribution in [0.2, 0.25) is 5.02 Å². The number of thiazole rings is 1. The van der Waals surface area contributed by atoms with E-state index in [0.717, 1.165) is 28.4 Å². The number of nitrogens with zero attached hydrogens (tertiary/aromatic N) is 3. The minimum absolute atomic E-state index is 0.200. The third kappa shape index (κ3) is 5.55. The van der Waals surface area contributed by atoms with Gasteiger partial charge in [0.15, 0.2) is 0 Å². The van der Waals surface area contributed by atoms with E-state index in [9.17, 15) is 4.79 Å².